The minimum absolute atomic E-state index is 0.0338. The van der Waals surface area contributed by atoms with Crippen molar-refractivity contribution >= 4 is 11.8 Å². The van der Waals surface area contributed by atoms with Gasteiger partial charge in [0.05, 0.1) is 19.3 Å². The van der Waals surface area contributed by atoms with Crippen molar-refractivity contribution in [2.24, 2.45) is 5.92 Å². The molecule has 0 radical (unpaired) electrons. The summed E-state index contributed by atoms with van der Waals surface area (Å²) in [5.74, 6) is 0.697. The van der Waals surface area contributed by atoms with Crippen LogP contribution in [0.4, 0.5) is 0 Å². The lowest BCUT2D eigenvalue weighted by molar-refractivity contribution is -0.153. The minimum Gasteiger partial charge on any atom is -0.496 e. The fourth-order valence-electron chi connectivity index (χ4n) is 2.82. The number of rotatable bonds is 6. The number of benzene rings is 1. The van der Waals surface area contributed by atoms with E-state index in [0.29, 0.717) is 30.1 Å². The van der Waals surface area contributed by atoms with Crippen molar-refractivity contribution in [3.8, 4) is 11.5 Å². The van der Waals surface area contributed by atoms with Gasteiger partial charge in [-0.25, -0.2) is 4.79 Å². The average molecular weight is 320 g/mol. The Balaban J connectivity index is 2.39. The molecule has 1 aromatic carbocycles. The molecule has 5 nitrogen and oxygen atoms in total. The van der Waals surface area contributed by atoms with E-state index < -0.39 is 12.1 Å². The number of ketones is 1. The molecule has 0 N–H and O–H groups in total. The fourth-order valence-corrected chi connectivity index (χ4v) is 2.82. The maximum Gasteiger partial charge on any atom is 0.347 e. The first-order valence-corrected chi connectivity index (χ1v) is 8.05. The van der Waals surface area contributed by atoms with Crippen LogP contribution < -0.4 is 9.47 Å². The lowest BCUT2D eigenvalue weighted by atomic mass is 9.89. The Morgan fingerprint density at radius 2 is 1.91 bits per heavy atom. The van der Waals surface area contributed by atoms with Crippen molar-refractivity contribution in [3.63, 3.8) is 0 Å². The second-order valence-corrected chi connectivity index (χ2v) is 5.93. The topological polar surface area (TPSA) is 61.8 Å². The van der Waals surface area contributed by atoms with Crippen LogP contribution >= 0.6 is 0 Å². The molecule has 23 heavy (non-hydrogen) atoms. The van der Waals surface area contributed by atoms with E-state index in [1.54, 1.807) is 26.2 Å². The van der Waals surface area contributed by atoms with Crippen LogP contribution in [0.15, 0.2) is 12.1 Å². The summed E-state index contributed by atoms with van der Waals surface area (Å²) < 4.78 is 16.3. The summed E-state index contributed by atoms with van der Waals surface area (Å²) in [6.07, 6.45) is 1.33. The SMILES string of the molecule is CCOC(=O)C(Oc1ccc(OC)c2c1C(=O)CCC2)C(C)C. The number of hydrogen-bond donors (Lipinski definition) is 0. The Hall–Kier alpha value is -2.04. The number of carbonyl (C=O) groups excluding carboxylic acids is 2. The van der Waals surface area contributed by atoms with Crippen molar-refractivity contribution in [2.75, 3.05) is 13.7 Å². The van der Waals surface area contributed by atoms with E-state index in [1.807, 2.05) is 13.8 Å². The van der Waals surface area contributed by atoms with Gasteiger partial charge in [-0.15, -0.1) is 0 Å². The zero-order valence-corrected chi connectivity index (χ0v) is 14.2. The summed E-state index contributed by atoms with van der Waals surface area (Å²) in [4.78, 5) is 24.5. The van der Waals surface area contributed by atoms with Gasteiger partial charge in [0, 0.05) is 17.9 Å². The standard InChI is InChI=1S/C18H24O5/c1-5-22-18(20)17(11(2)3)23-15-10-9-14(21-4)12-7-6-8-13(19)16(12)15/h9-11,17H,5-8H2,1-4H3. The molecular formula is C18H24O5. The van der Waals surface area contributed by atoms with Gasteiger partial charge in [-0.3, -0.25) is 4.79 Å². The molecule has 1 unspecified atom stereocenters. The normalized spacial score (nSPS) is 15.1. The van der Waals surface area contributed by atoms with Crippen LogP contribution in [0.2, 0.25) is 0 Å². The molecule has 0 aromatic heterocycles. The van der Waals surface area contributed by atoms with Crippen molar-refractivity contribution in [3.05, 3.63) is 23.3 Å². The van der Waals surface area contributed by atoms with Crippen molar-refractivity contribution in [1.82, 2.24) is 0 Å². The van der Waals surface area contributed by atoms with Gasteiger partial charge in [0.15, 0.2) is 11.9 Å². The van der Waals surface area contributed by atoms with Gasteiger partial charge in [-0.2, -0.15) is 0 Å². The van der Waals surface area contributed by atoms with E-state index >= 15 is 0 Å². The Morgan fingerprint density at radius 1 is 1.22 bits per heavy atom. The first-order chi connectivity index (χ1) is 11.0. The highest BCUT2D eigenvalue weighted by Crippen LogP contribution is 2.36. The zero-order valence-electron chi connectivity index (χ0n) is 14.2. The highest BCUT2D eigenvalue weighted by molar-refractivity contribution is 6.01. The van der Waals surface area contributed by atoms with Crippen molar-refractivity contribution in [2.45, 2.75) is 46.1 Å². The molecule has 5 heteroatoms. The van der Waals surface area contributed by atoms with Gasteiger partial charge < -0.3 is 14.2 Å². The van der Waals surface area contributed by atoms with Crippen molar-refractivity contribution in [1.29, 1.82) is 0 Å². The number of ether oxygens (including phenoxy) is 3. The quantitative estimate of drug-likeness (QED) is 0.753. The Morgan fingerprint density at radius 3 is 2.52 bits per heavy atom. The maximum atomic E-state index is 12.4. The summed E-state index contributed by atoms with van der Waals surface area (Å²) in [6, 6.07) is 3.49. The molecule has 0 bridgehead atoms. The van der Waals surface area contributed by atoms with E-state index in [0.717, 1.165) is 18.4 Å². The van der Waals surface area contributed by atoms with Crippen LogP contribution in [-0.2, 0) is 16.0 Å². The molecule has 1 atom stereocenters. The van der Waals surface area contributed by atoms with E-state index in [9.17, 15) is 9.59 Å². The number of hydrogen-bond acceptors (Lipinski definition) is 5. The second-order valence-electron chi connectivity index (χ2n) is 5.93. The molecule has 0 spiro atoms. The molecule has 1 aliphatic carbocycles. The average Bonchev–Trinajstić information content (AvgIpc) is 2.52. The van der Waals surface area contributed by atoms with E-state index in [-0.39, 0.29) is 11.7 Å². The predicted octanol–water partition coefficient (Wildman–Crippen LogP) is 3.18. The predicted molar refractivity (Wildman–Crippen MR) is 86.1 cm³/mol. The molecule has 1 aromatic rings. The third-order valence-corrected chi connectivity index (χ3v) is 3.94. The molecule has 0 amide bonds. The molecule has 126 valence electrons. The number of esters is 1. The van der Waals surface area contributed by atoms with Gasteiger partial charge in [-0.1, -0.05) is 13.8 Å². The number of methoxy groups -OCH3 is 1. The molecule has 0 saturated carbocycles. The van der Waals surface area contributed by atoms with E-state index in [1.165, 1.54) is 0 Å². The Kier molecular flexibility index (Phi) is 5.64. The van der Waals surface area contributed by atoms with Crippen LogP contribution in [0, 0.1) is 5.92 Å². The smallest absolute Gasteiger partial charge is 0.347 e. The van der Waals surface area contributed by atoms with Crippen molar-refractivity contribution < 1.29 is 23.8 Å². The summed E-state index contributed by atoms with van der Waals surface area (Å²) >= 11 is 0. The number of carbonyl (C=O) groups is 2. The number of Topliss-reactive ketones (excluding diaryl/α,β-unsaturated/α-hetero) is 1. The summed E-state index contributed by atoms with van der Waals surface area (Å²) in [5.41, 5.74) is 1.41. The fraction of sp³-hybridized carbons (Fsp3) is 0.556. The molecule has 0 aliphatic heterocycles. The van der Waals surface area contributed by atoms with Gasteiger partial charge >= 0.3 is 5.97 Å². The van der Waals surface area contributed by atoms with Crippen LogP contribution in [0.5, 0.6) is 11.5 Å². The first kappa shape index (κ1) is 17.3. The lowest BCUT2D eigenvalue weighted by Gasteiger charge is -2.25. The molecular weight excluding hydrogens is 296 g/mol. The lowest BCUT2D eigenvalue weighted by Crippen LogP contribution is -2.35. The molecule has 0 fully saturated rings. The second kappa shape index (κ2) is 7.49. The van der Waals surface area contributed by atoms with Gasteiger partial charge in [-0.05, 0) is 31.9 Å². The third-order valence-electron chi connectivity index (χ3n) is 3.94. The van der Waals surface area contributed by atoms with Crippen LogP contribution in [0.1, 0.15) is 49.5 Å². The summed E-state index contributed by atoms with van der Waals surface area (Å²) in [6.45, 7) is 5.83. The van der Waals surface area contributed by atoms with E-state index in [4.69, 9.17) is 14.2 Å². The summed E-state index contributed by atoms with van der Waals surface area (Å²) in [7, 11) is 1.59. The van der Waals surface area contributed by atoms with Gasteiger partial charge in [0.25, 0.3) is 0 Å². The molecule has 0 saturated heterocycles. The first-order valence-electron chi connectivity index (χ1n) is 8.05. The summed E-state index contributed by atoms with van der Waals surface area (Å²) in [5, 5.41) is 0. The van der Waals surface area contributed by atoms with Crippen LogP contribution in [0.3, 0.4) is 0 Å². The third kappa shape index (κ3) is 3.66. The maximum absolute atomic E-state index is 12.4. The molecule has 0 heterocycles. The number of fused-ring (bicyclic) bond motifs is 1. The van der Waals surface area contributed by atoms with Crippen LogP contribution in [0.25, 0.3) is 0 Å². The monoisotopic (exact) mass is 320 g/mol. The molecule has 1 aliphatic rings. The molecule has 2 rings (SSSR count). The van der Waals surface area contributed by atoms with Crippen LogP contribution in [-0.4, -0.2) is 31.6 Å². The highest BCUT2D eigenvalue weighted by Gasteiger charge is 2.30. The van der Waals surface area contributed by atoms with Gasteiger partial charge in [0.1, 0.15) is 11.5 Å². The van der Waals surface area contributed by atoms with Gasteiger partial charge in [0.2, 0.25) is 0 Å². The zero-order chi connectivity index (χ0) is 17.0. The highest BCUT2D eigenvalue weighted by atomic mass is 16.6. The van der Waals surface area contributed by atoms with E-state index in [2.05, 4.69) is 0 Å². The Labute approximate surface area is 136 Å². The minimum atomic E-state index is -0.734. The Bertz CT molecular complexity index is 591. The largest absolute Gasteiger partial charge is 0.496 e.